The van der Waals surface area contributed by atoms with E-state index in [9.17, 15) is 14.7 Å². The van der Waals surface area contributed by atoms with Crippen molar-refractivity contribution in [2.45, 2.75) is 33.6 Å². The standard InChI is InChI=1S/C19H19BrN2O4/c1-10-15-13(21-22-17(23)11-6-4-5-7-12(11)20)8-19(2,3)9-14(15)26-16(10)18(24)25/h4-7H,8-9H2,1-3H3,(H,22,23)(H,24,25)/b21-13+. The van der Waals surface area contributed by atoms with Crippen LogP contribution in [-0.2, 0) is 6.42 Å². The molecule has 1 aliphatic rings. The summed E-state index contributed by atoms with van der Waals surface area (Å²) in [5.41, 5.74) is 4.77. The van der Waals surface area contributed by atoms with Crippen molar-refractivity contribution in [2.24, 2.45) is 10.5 Å². The molecule has 6 nitrogen and oxygen atoms in total. The van der Waals surface area contributed by atoms with Gasteiger partial charge in [0.05, 0.1) is 11.3 Å². The van der Waals surface area contributed by atoms with E-state index in [1.807, 2.05) is 6.07 Å². The first-order valence-electron chi connectivity index (χ1n) is 8.17. The molecular weight excluding hydrogens is 400 g/mol. The van der Waals surface area contributed by atoms with E-state index < -0.39 is 5.97 Å². The van der Waals surface area contributed by atoms with Crippen LogP contribution in [0.2, 0.25) is 0 Å². The summed E-state index contributed by atoms with van der Waals surface area (Å²) >= 11 is 3.35. The van der Waals surface area contributed by atoms with Gasteiger partial charge in [-0.15, -0.1) is 0 Å². The number of rotatable bonds is 3. The number of carbonyl (C=O) groups is 2. The molecule has 3 rings (SSSR count). The highest BCUT2D eigenvalue weighted by Gasteiger charge is 2.36. The molecule has 1 heterocycles. The molecule has 0 atom stereocenters. The number of fused-ring (bicyclic) bond motifs is 1. The molecule has 7 heteroatoms. The van der Waals surface area contributed by atoms with E-state index >= 15 is 0 Å². The molecule has 0 unspecified atom stereocenters. The normalized spacial score (nSPS) is 17.0. The minimum atomic E-state index is -1.11. The third kappa shape index (κ3) is 3.44. The van der Waals surface area contributed by atoms with Crippen molar-refractivity contribution in [3.05, 3.63) is 56.9 Å². The maximum atomic E-state index is 12.4. The maximum absolute atomic E-state index is 12.4. The topological polar surface area (TPSA) is 91.9 Å². The molecule has 1 amide bonds. The van der Waals surface area contributed by atoms with E-state index in [4.69, 9.17) is 4.42 Å². The molecule has 1 aromatic carbocycles. The molecule has 0 aliphatic heterocycles. The molecule has 0 fully saturated rings. The van der Waals surface area contributed by atoms with Gasteiger partial charge in [-0.1, -0.05) is 26.0 Å². The Bertz CT molecular complexity index is 928. The van der Waals surface area contributed by atoms with Crippen LogP contribution in [0, 0.1) is 12.3 Å². The number of hydrazone groups is 1. The molecule has 2 aromatic rings. The van der Waals surface area contributed by atoms with Crippen LogP contribution < -0.4 is 5.43 Å². The third-order valence-electron chi connectivity index (χ3n) is 4.40. The van der Waals surface area contributed by atoms with Crippen LogP contribution in [0.1, 0.15) is 58.1 Å². The van der Waals surface area contributed by atoms with Crippen molar-refractivity contribution >= 4 is 33.5 Å². The second-order valence-corrected chi connectivity index (χ2v) is 8.01. The number of amides is 1. The number of hydrogen-bond acceptors (Lipinski definition) is 4. The predicted octanol–water partition coefficient (Wildman–Crippen LogP) is 4.16. The van der Waals surface area contributed by atoms with Gasteiger partial charge in [-0.2, -0.15) is 5.10 Å². The van der Waals surface area contributed by atoms with Crippen molar-refractivity contribution in [1.29, 1.82) is 0 Å². The quantitative estimate of drug-likeness (QED) is 0.731. The summed E-state index contributed by atoms with van der Waals surface area (Å²) in [6.45, 7) is 5.81. The van der Waals surface area contributed by atoms with Gasteiger partial charge in [0.2, 0.25) is 5.76 Å². The number of aromatic carboxylic acids is 1. The fourth-order valence-corrected chi connectivity index (χ4v) is 3.70. The van der Waals surface area contributed by atoms with E-state index in [0.717, 1.165) is 0 Å². The number of hydrogen-bond donors (Lipinski definition) is 2. The zero-order chi connectivity index (χ0) is 19.1. The van der Waals surface area contributed by atoms with Gasteiger partial charge in [-0.25, -0.2) is 10.2 Å². The lowest BCUT2D eigenvalue weighted by Crippen LogP contribution is -2.29. The lowest BCUT2D eigenvalue weighted by atomic mass is 9.75. The Morgan fingerprint density at radius 1 is 1.27 bits per heavy atom. The number of halogens is 1. The zero-order valence-corrected chi connectivity index (χ0v) is 16.3. The van der Waals surface area contributed by atoms with Crippen LogP contribution >= 0.6 is 15.9 Å². The van der Waals surface area contributed by atoms with Crippen LogP contribution in [0.3, 0.4) is 0 Å². The van der Waals surface area contributed by atoms with E-state index in [1.54, 1.807) is 25.1 Å². The van der Waals surface area contributed by atoms with Gasteiger partial charge in [0.25, 0.3) is 5.91 Å². The highest BCUT2D eigenvalue weighted by Crippen LogP contribution is 2.38. The highest BCUT2D eigenvalue weighted by atomic mass is 79.9. The van der Waals surface area contributed by atoms with Crippen LogP contribution in [-0.4, -0.2) is 22.7 Å². The fraction of sp³-hybridized carbons (Fsp3) is 0.316. The minimum Gasteiger partial charge on any atom is -0.475 e. The Balaban J connectivity index is 1.97. The lowest BCUT2D eigenvalue weighted by molar-refractivity contribution is 0.0657. The Morgan fingerprint density at radius 2 is 1.96 bits per heavy atom. The van der Waals surface area contributed by atoms with E-state index in [1.165, 1.54) is 0 Å². The summed E-state index contributed by atoms with van der Waals surface area (Å²) in [5, 5.41) is 13.6. The molecular formula is C19H19BrN2O4. The van der Waals surface area contributed by atoms with Gasteiger partial charge in [-0.05, 0) is 46.8 Å². The Morgan fingerprint density at radius 3 is 2.62 bits per heavy atom. The number of nitrogens with zero attached hydrogens (tertiary/aromatic N) is 1. The number of furan rings is 1. The first-order valence-corrected chi connectivity index (χ1v) is 8.96. The van der Waals surface area contributed by atoms with E-state index in [0.29, 0.717) is 45.5 Å². The average molecular weight is 419 g/mol. The summed E-state index contributed by atoms with van der Waals surface area (Å²) in [4.78, 5) is 23.8. The van der Waals surface area contributed by atoms with E-state index in [-0.39, 0.29) is 17.1 Å². The second kappa shape index (κ2) is 6.72. The van der Waals surface area contributed by atoms with Crippen LogP contribution in [0.5, 0.6) is 0 Å². The van der Waals surface area contributed by atoms with Crippen molar-refractivity contribution in [3.8, 4) is 0 Å². The molecule has 0 radical (unpaired) electrons. The minimum absolute atomic E-state index is 0.0717. The van der Waals surface area contributed by atoms with Gasteiger partial charge >= 0.3 is 5.97 Å². The lowest BCUT2D eigenvalue weighted by Gasteiger charge is -2.29. The molecule has 0 bridgehead atoms. The van der Waals surface area contributed by atoms with Crippen molar-refractivity contribution in [3.63, 3.8) is 0 Å². The predicted molar refractivity (Wildman–Crippen MR) is 101 cm³/mol. The third-order valence-corrected chi connectivity index (χ3v) is 5.09. The number of benzene rings is 1. The van der Waals surface area contributed by atoms with Gasteiger partial charge in [0, 0.05) is 22.0 Å². The maximum Gasteiger partial charge on any atom is 0.372 e. The zero-order valence-electron chi connectivity index (χ0n) is 14.7. The van der Waals surface area contributed by atoms with Gasteiger partial charge in [0.1, 0.15) is 5.76 Å². The first kappa shape index (κ1) is 18.4. The fourth-order valence-electron chi connectivity index (χ4n) is 3.24. The molecule has 2 N–H and O–H groups in total. The van der Waals surface area contributed by atoms with Gasteiger partial charge < -0.3 is 9.52 Å². The van der Waals surface area contributed by atoms with Crippen LogP contribution in [0.15, 0.2) is 38.3 Å². The summed E-state index contributed by atoms with van der Waals surface area (Å²) < 4.78 is 6.25. The SMILES string of the molecule is Cc1c(C(=O)O)oc2c1/C(=N/NC(=O)c1ccccc1Br)CC(C)(C)C2. The van der Waals surface area contributed by atoms with Crippen LogP contribution in [0.25, 0.3) is 0 Å². The summed E-state index contributed by atoms with van der Waals surface area (Å²) in [6, 6.07) is 7.07. The molecule has 26 heavy (non-hydrogen) atoms. The van der Waals surface area contributed by atoms with E-state index in [2.05, 4.69) is 40.3 Å². The Kier molecular flexibility index (Phi) is 4.75. The molecule has 0 spiro atoms. The molecule has 0 saturated heterocycles. The monoisotopic (exact) mass is 418 g/mol. The van der Waals surface area contributed by atoms with Gasteiger partial charge in [-0.3, -0.25) is 4.79 Å². The largest absolute Gasteiger partial charge is 0.475 e. The number of carboxylic acids is 1. The van der Waals surface area contributed by atoms with Crippen molar-refractivity contribution in [1.82, 2.24) is 5.43 Å². The molecule has 1 aliphatic carbocycles. The second-order valence-electron chi connectivity index (χ2n) is 7.16. The Hall–Kier alpha value is -2.41. The summed E-state index contributed by atoms with van der Waals surface area (Å²) in [5.74, 6) is -0.914. The van der Waals surface area contributed by atoms with Crippen molar-refractivity contribution in [2.75, 3.05) is 0 Å². The number of carbonyl (C=O) groups excluding carboxylic acids is 1. The number of nitrogens with one attached hydrogen (secondary N) is 1. The smallest absolute Gasteiger partial charge is 0.372 e. The van der Waals surface area contributed by atoms with Crippen molar-refractivity contribution < 1.29 is 19.1 Å². The molecule has 0 saturated carbocycles. The first-order chi connectivity index (χ1) is 12.2. The van der Waals surface area contributed by atoms with Gasteiger partial charge in [0.15, 0.2) is 0 Å². The Labute approximate surface area is 159 Å². The molecule has 136 valence electrons. The number of carboxylic acid groups (broad SMARTS) is 1. The summed E-state index contributed by atoms with van der Waals surface area (Å²) in [6.07, 6.45) is 1.23. The highest BCUT2D eigenvalue weighted by molar-refractivity contribution is 9.10. The summed E-state index contributed by atoms with van der Waals surface area (Å²) in [7, 11) is 0. The van der Waals surface area contributed by atoms with Crippen LogP contribution in [0.4, 0.5) is 0 Å². The average Bonchev–Trinajstić information content (AvgIpc) is 2.88. The molecule has 1 aromatic heterocycles.